The molecule has 0 aliphatic rings. The number of pyridine rings is 2. The fourth-order valence-electron chi connectivity index (χ4n) is 7.87. The van der Waals surface area contributed by atoms with Crippen LogP contribution in [0.15, 0.2) is 0 Å². The number of aromatic nitrogens is 2. The topological polar surface area (TPSA) is 73.4 Å². The molecule has 0 amide bonds. The molecule has 4 nitrogen and oxygen atoms in total. The van der Waals surface area contributed by atoms with E-state index in [1.54, 1.807) is 0 Å². The van der Waals surface area contributed by atoms with E-state index in [9.17, 15) is 237 Å². The summed E-state index contributed by atoms with van der Waals surface area (Å²) in [6.07, 6.45) is -44.6. The van der Waals surface area contributed by atoms with Crippen LogP contribution in [-0.2, 0) is 268 Å². The van der Waals surface area contributed by atoms with Gasteiger partial charge in [0.1, 0.15) is 0 Å². The van der Waals surface area contributed by atoms with Crippen molar-refractivity contribution in [3.63, 3.8) is 0 Å². The van der Waals surface area contributed by atoms with Crippen LogP contribution in [0.25, 0.3) is 0 Å². The summed E-state index contributed by atoms with van der Waals surface area (Å²) in [6, 6.07) is 2.82. The summed E-state index contributed by atoms with van der Waals surface area (Å²) in [5.41, 5.74) is -19.5. The van der Waals surface area contributed by atoms with Gasteiger partial charge in [-0.3, -0.25) is 0 Å². The molecule has 4 aromatic carbocycles. The van der Waals surface area contributed by atoms with Gasteiger partial charge in [-0.25, -0.2) is 135 Å². The molecule has 816 valence electrons. The van der Waals surface area contributed by atoms with Crippen LogP contribution < -0.4 is 0 Å². The summed E-state index contributed by atoms with van der Waals surface area (Å²) in [4.78, 5) is 5.08. The standard InChI is InChI=1S/2C9H4F8S2.2C9H4F5NS2.2C8H4F7NS2.2C5H5F7S2.4Ni/c2*10-2-1(7(18)8(19)9(15,16)17)3(11)5(13)6(14)4(2)12;2*10-4-3(9(17)2(16)1-15)5(11)7(13)8(14)6(4)12;2*9-1-2(10)4(16-7(12)3(1)11)5(17)6(18)8(13,14)15;2*6-3(2(14)1-13,4(7,8)9)5(10,11)12;;;;/h2*7-8,18-19H;2*2,9,16-17H;2*5-6,17-18H;2*2,13-14H,1H2;;;;/p-16. The van der Waals surface area contributed by atoms with Gasteiger partial charge in [0.05, 0.1) is 11.4 Å². The molecule has 14 atom stereocenters. The quantitative estimate of drug-likeness (QED) is 0.0230. The van der Waals surface area contributed by atoms with Crippen LogP contribution in [0.3, 0.4) is 0 Å². The molecule has 0 saturated carbocycles. The largest absolute Gasteiger partial charge is 0.794 e. The number of halogens is 54. The first-order valence-corrected chi connectivity index (χ1v) is 39.0. The van der Waals surface area contributed by atoms with Crippen LogP contribution in [0.1, 0.15) is 65.1 Å². The molecular weight excluding hydrogens is 2570 g/mol. The van der Waals surface area contributed by atoms with Crippen LogP contribution in [-0.4, -0.2) is 124 Å². The fraction of sp³-hybridized carbons (Fsp3) is 0.419. The Kier molecular flexibility index (Phi) is 62.1. The van der Waals surface area contributed by atoms with E-state index < -0.39 is 343 Å². The minimum atomic E-state index is -6.10. The Balaban J connectivity index is -0.000000366. The monoisotopic (exact) mass is 2590 g/mol. The van der Waals surface area contributed by atoms with Crippen molar-refractivity contribution >= 4 is 202 Å². The van der Waals surface area contributed by atoms with Gasteiger partial charge in [-0.1, -0.05) is 31.5 Å². The normalized spacial score (nSPS) is 15.1. The van der Waals surface area contributed by atoms with Crippen molar-refractivity contribution in [3.8, 4) is 12.1 Å². The predicted molar refractivity (Wildman–Crippen MR) is 395 cm³/mol. The van der Waals surface area contributed by atoms with Crippen molar-refractivity contribution in [2.24, 2.45) is 0 Å². The van der Waals surface area contributed by atoms with Crippen LogP contribution in [0, 0.1) is 186 Å². The van der Waals surface area contributed by atoms with Crippen molar-refractivity contribution in [2.45, 2.75) is 134 Å². The van der Waals surface area contributed by atoms with Crippen molar-refractivity contribution in [3.05, 3.63) is 197 Å². The minimum absolute atomic E-state index is 0. The zero-order valence-electron chi connectivity index (χ0n) is 62.5. The molecule has 6 aromatic rings. The molecular formula is C62H18F54N4Ni4S16-16. The second-order valence-electron chi connectivity index (χ2n) is 23.6. The summed E-state index contributed by atoms with van der Waals surface area (Å²) in [5, 5.41) is -15.6. The molecule has 0 radical (unpaired) electrons. The molecule has 6 rings (SSSR count). The molecule has 14 unspecified atom stereocenters. The third kappa shape index (κ3) is 36.1. The smallest absolute Gasteiger partial charge is 0.429 e. The SMILES string of the molecule is FC(F)(F)C(F)(C([S-])C[S-])C(F)(F)F.FC(F)(F)C(F)(C([S-])C[S-])C(F)(F)F.Fc1c(F)c(F)c(C([S-])C([S-])C(F)(F)F)c(F)c1F.Fc1c(F)c(F)c(C([S-])C([S-])C(F)(F)F)c(F)c1F.Fc1nc(C([S-])C([S-])C(F)(F)F)c(F)c(F)c1F.Fc1nc(C([S-])C([S-])C(F)(F)F)c(F)c(F)c1F.N#CC([S-])C([S-])c1c(F)c(F)c(F)c(F)c1F.N#CC([S-])C([S-])c1c(F)c(F)c(F)c(F)c1F.[Ni].[Ni].[Ni].[Ni]. The molecule has 78 heteroatoms. The number of alkyl halides is 26. The molecule has 0 bridgehead atoms. The number of hydrogen-bond donors (Lipinski definition) is 0. The summed E-state index contributed by atoms with van der Waals surface area (Å²) >= 11 is 65.8. The molecule has 0 aliphatic carbocycles. The first kappa shape index (κ1) is 149. The molecule has 0 saturated heterocycles. The third-order valence-corrected chi connectivity index (χ3v) is 23.7. The summed E-state index contributed by atoms with van der Waals surface area (Å²) in [7, 11) is 0. The maximum absolute atomic E-state index is 13.2. The Morgan fingerprint density at radius 1 is 0.207 bits per heavy atom. The van der Waals surface area contributed by atoms with E-state index in [2.05, 4.69) is 212 Å². The van der Waals surface area contributed by atoms with E-state index in [1.165, 1.54) is 12.1 Å². The molecule has 2 aromatic heterocycles. The minimum Gasteiger partial charge on any atom is -0.794 e. The second kappa shape index (κ2) is 58.5. The van der Waals surface area contributed by atoms with Gasteiger partial charge < -0.3 is 202 Å². The van der Waals surface area contributed by atoms with Crippen LogP contribution in [0.4, 0.5) is 237 Å². The van der Waals surface area contributed by atoms with Crippen LogP contribution in [0.5, 0.6) is 0 Å². The zero-order chi connectivity index (χ0) is 109. The average molecular weight is 2590 g/mol. The summed E-state index contributed by atoms with van der Waals surface area (Å²) in [6.45, 7) is 0. The van der Waals surface area contributed by atoms with Crippen molar-refractivity contribution in [2.75, 3.05) is 11.5 Å². The maximum atomic E-state index is 13.2. The van der Waals surface area contributed by atoms with Gasteiger partial charge in [0, 0.05) is 100 Å². The summed E-state index contributed by atoms with van der Waals surface area (Å²) < 4.78 is 675. The number of hydrogen-bond acceptors (Lipinski definition) is 20. The number of nitriles is 2. The molecule has 0 fully saturated rings. The van der Waals surface area contributed by atoms with Crippen molar-refractivity contribution in [1.82, 2.24) is 9.97 Å². The Morgan fingerprint density at radius 3 is 0.471 bits per heavy atom. The Labute approximate surface area is 873 Å². The van der Waals surface area contributed by atoms with Gasteiger partial charge >= 0.3 is 49.4 Å². The molecule has 0 N–H and O–H groups in total. The van der Waals surface area contributed by atoms with E-state index in [1.807, 2.05) is 0 Å². The maximum Gasteiger partial charge on any atom is 0.429 e. The van der Waals surface area contributed by atoms with Crippen molar-refractivity contribution < 1.29 is 303 Å². The fourth-order valence-corrected chi connectivity index (χ4v) is 11.5. The number of nitrogens with zero attached hydrogens (tertiary/aromatic N) is 4. The van der Waals surface area contributed by atoms with Crippen LogP contribution >= 0.6 is 0 Å². The van der Waals surface area contributed by atoms with Crippen LogP contribution in [0.2, 0.25) is 0 Å². The van der Waals surface area contributed by atoms with Gasteiger partial charge in [0.25, 0.3) is 23.2 Å². The van der Waals surface area contributed by atoms with E-state index in [0.717, 1.165) is 0 Å². The average Bonchev–Trinajstić information content (AvgIpc) is 0.757. The molecule has 140 heavy (non-hydrogen) atoms. The Hall–Kier alpha value is -2.05. The number of rotatable bonds is 16. The van der Waals surface area contributed by atoms with Crippen molar-refractivity contribution in [1.29, 1.82) is 10.5 Å². The van der Waals surface area contributed by atoms with E-state index in [4.69, 9.17) is 10.5 Å². The van der Waals surface area contributed by atoms with E-state index in [-0.39, 0.29) is 66.0 Å². The number of benzene rings is 4. The second-order valence-corrected chi connectivity index (χ2v) is 31.5. The third-order valence-electron chi connectivity index (χ3n) is 14.7. The zero-order valence-corrected chi connectivity index (χ0v) is 79.5. The van der Waals surface area contributed by atoms with Gasteiger partial charge in [0.2, 0.25) is 46.5 Å². The van der Waals surface area contributed by atoms with E-state index >= 15 is 0 Å². The first-order valence-electron chi connectivity index (χ1n) is 31.3. The molecule has 0 aliphatic heterocycles. The van der Waals surface area contributed by atoms with Gasteiger partial charge in [-0.15, -0.1) is 42.0 Å². The Bertz CT molecular complexity index is 4730. The predicted octanol–water partition coefficient (Wildman–Crippen LogP) is 21.7. The molecule has 2 heterocycles. The molecule has 0 spiro atoms. The van der Waals surface area contributed by atoms with E-state index in [0.29, 0.717) is 0 Å². The summed E-state index contributed by atoms with van der Waals surface area (Å²) in [5.74, 6) is -64.8. The van der Waals surface area contributed by atoms with Gasteiger partial charge in [-0.05, 0) is 0 Å². The Morgan fingerprint density at radius 2 is 0.343 bits per heavy atom. The first-order chi connectivity index (χ1) is 60.7. The van der Waals surface area contributed by atoms with Gasteiger partial charge in [0.15, 0.2) is 105 Å². The van der Waals surface area contributed by atoms with Gasteiger partial charge in [-0.2, -0.15) is 134 Å².